The fourth-order valence-corrected chi connectivity index (χ4v) is 3.08. The molecule has 2 heterocycles. The molecule has 0 aromatic carbocycles. The summed E-state index contributed by atoms with van der Waals surface area (Å²) in [6, 6.07) is 0.499. The van der Waals surface area contributed by atoms with Gasteiger partial charge in [-0.2, -0.15) is 5.10 Å². The Morgan fingerprint density at radius 3 is 2.68 bits per heavy atom. The highest BCUT2D eigenvalue weighted by molar-refractivity contribution is 5.15. The molecular formula is C15H28N4. The molecular weight excluding hydrogens is 236 g/mol. The summed E-state index contributed by atoms with van der Waals surface area (Å²) in [5.74, 6) is 0. The van der Waals surface area contributed by atoms with Crippen molar-refractivity contribution in [3.63, 3.8) is 0 Å². The Hall–Kier alpha value is -0.870. The van der Waals surface area contributed by atoms with Crippen LogP contribution < -0.4 is 5.73 Å². The number of hydrogen-bond acceptors (Lipinski definition) is 3. The van der Waals surface area contributed by atoms with Gasteiger partial charge in [0.1, 0.15) is 0 Å². The molecule has 0 spiro atoms. The first-order valence-electron chi connectivity index (χ1n) is 7.48. The lowest BCUT2D eigenvalue weighted by Crippen LogP contribution is -2.49. The van der Waals surface area contributed by atoms with Gasteiger partial charge in [-0.25, -0.2) is 0 Å². The standard InChI is InChI=1S/C15H28N4/c1-5-18-11-12(10-17-18)14-13(16)8-6-7-9-19(14)15(2,3)4/h10-11,13-14H,5-9,16H2,1-4H3. The molecule has 4 heteroatoms. The Morgan fingerprint density at radius 1 is 1.37 bits per heavy atom. The smallest absolute Gasteiger partial charge is 0.0538 e. The predicted octanol–water partition coefficient (Wildman–Crippen LogP) is 2.56. The molecule has 0 aliphatic carbocycles. The van der Waals surface area contributed by atoms with Gasteiger partial charge < -0.3 is 5.73 Å². The second kappa shape index (κ2) is 5.63. The third-order valence-electron chi connectivity index (χ3n) is 4.11. The Morgan fingerprint density at radius 2 is 2.11 bits per heavy atom. The van der Waals surface area contributed by atoms with Crippen molar-refractivity contribution in [3.05, 3.63) is 18.0 Å². The summed E-state index contributed by atoms with van der Waals surface area (Å²) in [6.07, 6.45) is 7.73. The van der Waals surface area contributed by atoms with Crippen LogP contribution >= 0.6 is 0 Å². The minimum Gasteiger partial charge on any atom is -0.326 e. The molecule has 0 saturated carbocycles. The minimum atomic E-state index is 0.140. The van der Waals surface area contributed by atoms with Gasteiger partial charge in [0.2, 0.25) is 0 Å². The quantitative estimate of drug-likeness (QED) is 0.893. The van der Waals surface area contributed by atoms with E-state index >= 15 is 0 Å². The first-order chi connectivity index (χ1) is 8.93. The van der Waals surface area contributed by atoms with E-state index in [0.29, 0.717) is 6.04 Å². The highest BCUT2D eigenvalue weighted by Crippen LogP contribution is 2.34. The number of likely N-dealkylation sites (tertiary alicyclic amines) is 1. The molecule has 1 aliphatic heterocycles. The van der Waals surface area contributed by atoms with E-state index in [1.165, 1.54) is 18.4 Å². The maximum Gasteiger partial charge on any atom is 0.0538 e. The van der Waals surface area contributed by atoms with E-state index < -0.39 is 0 Å². The average molecular weight is 264 g/mol. The van der Waals surface area contributed by atoms with Crippen LogP contribution in [0.4, 0.5) is 0 Å². The number of nitrogens with zero attached hydrogens (tertiary/aromatic N) is 3. The molecule has 2 unspecified atom stereocenters. The molecule has 0 radical (unpaired) electrons. The molecule has 19 heavy (non-hydrogen) atoms. The third kappa shape index (κ3) is 3.18. The molecule has 1 aliphatic rings. The summed E-state index contributed by atoms with van der Waals surface area (Å²) >= 11 is 0. The van der Waals surface area contributed by atoms with Crippen LogP contribution in [0.3, 0.4) is 0 Å². The van der Waals surface area contributed by atoms with Crippen LogP contribution in [0.2, 0.25) is 0 Å². The number of nitrogens with two attached hydrogens (primary N) is 1. The highest BCUT2D eigenvalue weighted by atomic mass is 15.3. The monoisotopic (exact) mass is 264 g/mol. The maximum atomic E-state index is 6.47. The second-order valence-electron chi connectivity index (χ2n) is 6.60. The van der Waals surface area contributed by atoms with Crippen molar-refractivity contribution >= 4 is 0 Å². The Bertz CT molecular complexity index is 405. The molecule has 108 valence electrons. The van der Waals surface area contributed by atoms with Crippen LogP contribution in [0.5, 0.6) is 0 Å². The van der Waals surface area contributed by atoms with Gasteiger partial charge in [-0.3, -0.25) is 9.58 Å². The van der Waals surface area contributed by atoms with Crippen molar-refractivity contribution in [2.75, 3.05) is 6.54 Å². The number of rotatable bonds is 2. The van der Waals surface area contributed by atoms with E-state index in [2.05, 4.69) is 43.9 Å². The third-order valence-corrected chi connectivity index (χ3v) is 4.11. The van der Waals surface area contributed by atoms with Gasteiger partial charge in [0.25, 0.3) is 0 Å². The SMILES string of the molecule is CCn1cc(C2C(N)CCCCN2C(C)(C)C)cn1. The van der Waals surface area contributed by atoms with E-state index in [1.807, 2.05) is 10.9 Å². The fourth-order valence-electron chi connectivity index (χ4n) is 3.08. The molecule has 1 fully saturated rings. The Labute approximate surface area is 117 Å². The van der Waals surface area contributed by atoms with E-state index in [0.717, 1.165) is 19.5 Å². The molecule has 1 saturated heterocycles. The van der Waals surface area contributed by atoms with Gasteiger partial charge in [0.15, 0.2) is 0 Å². The Balaban J connectivity index is 2.33. The lowest BCUT2D eigenvalue weighted by atomic mass is 9.94. The fraction of sp³-hybridized carbons (Fsp3) is 0.800. The van der Waals surface area contributed by atoms with Crippen LogP contribution in [-0.4, -0.2) is 32.8 Å². The normalized spacial score (nSPS) is 26.4. The van der Waals surface area contributed by atoms with Crippen LogP contribution in [0.25, 0.3) is 0 Å². The summed E-state index contributed by atoms with van der Waals surface area (Å²) in [5, 5.41) is 4.43. The molecule has 0 bridgehead atoms. The van der Waals surface area contributed by atoms with E-state index in [4.69, 9.17) is 5.73 Å². The van der Waals surface area contributed by atoms with Crippen LogP contribution in [0.15, 0.2) is 12.4 Å². The summed E-state index contributed by atoms with van der Waals surface area (Å²) in [6.45, 7) is 11.0. The van der Waals surface area contributed by atoms with Crippen molar-refractivity contribution < 1.29 is 0 Å². The topological polar surface area (TPSA) is 47.1 Å². The lowest BCUT2D eigenvalue weighted by Gasteiger charge is -2.42. The van der Waals surface area contributed by atoms with Crippen LogP contribution in [0.1, 0.15) is 58.6 Å². The van der Waals surface area contributed by atoms with Crippen LogP contribution in [0, 0.1) is 0 Å². The number of aromatic nitrogens is 2. The van der Waals surface area contributed by atoms with Crippen molar-refractivity contribution in [3.8, 4) is 0 Å². The van der Waals surface area contributed by atoms with Crippen molar-refractivity contribution in [2.45, 2.75) is 71.1 Å². The highest BCUT2D eigenvalue weighted by Gasteiger charge is 2.35. The summed E-state index contributed by atoms with van der Waals surface area (Å²) < 4.78 is 1.99. The maximum absolute atomic E-state index is 6.47. The summed E-state index contributed by atoms with van der Waals surface area (Å²) in [5.41, 5.74) is 7.88. The van der Waals surface area contributed by atoms with E-state index in [1.54, 1.807) is 0 Å². The first kappa shape index (κ1) is 14.5. The number of hydrogen-bond donors (Lipinski definition) is 1. The predicted molar refractivity (Wildman–Crippen MR) is 78.9 cm³/mol. The first-order valence-corrected chi connectivity index (χ1v) is 7.48. The van der Waals surface area contributed by atoms with Crippen molar-refractivity contribution in [2.24, 2.45) is 5.73 Å². The van der Waals surface area contributed by atoms with Gasteiger partial charge in [0, 0.05) is 29.9 Å². The summed E-state index contributed by atoms with van der Waals surface area (Å²) in [4.78, 5) is 2.56. The summed E-state index contributed by atoms with van der Waals surface area (Å²) in [7, 11) is 0. The Kier molecular flexibility index (Phi) is 4.31. The number of aryl methyl sites for hydroxylation is 1. The van der Waals surface area contributed by atoms with Gasteiger partial charge in [-0.05, 0) is 47.1 Å². The van der Waals surface area contributed by atoms with Crippen molar-refractivity contribution in [1.29, 1.82) is 0 Å². The van der Waals surface area contributed by atoms with Gasteiger partial charge >= 0.3 is 0 Å². The van der Waals surface area contributed by atoms with E-state index in [9.17, 15) is 0 Å². The molecule has 4 nitrogen and oxygen atoms in total. The molecule has 2 rings (SSSR count). The average Bonchev–Trinajstić information content (AvgIpc) is 2.71. The van der Waals surface area contributed by atoms with Crippen molar-refractivity contribution in [1.82, 2.24) is 14.7 Å². The van der Waals surface area contributed by atoms with Crippen LogP contribution in [-0.2, 0) is 6.54 Å². The molecule has 1 aromatic heterocycles. The molecule has 2 atom stereocenters. The zero-order valence-electron chi connectivity index (χ0n) is 12.8. The zero-order valence-corrected chi connectivity index (χ0v) is 12.8. The van der Waals surface area contributed by atoms with Gasteiger partial charge in [-0.15, -0.1) is 0 Å². The molecule has 1 aromatic rings. The lowest BCUT2D eigenvalue weighted by molar-refractivity contribution is 0.0755. The van der Waals surface area contributed by atoms with Gasteiger partial charge in [0.05, 0.1) is 12.2 Å². The minimum absolute atomic E-state index is 0.140. The largest absolute Gasteiger partial charge is 0.326 e. The second-order valence-corrected chi connectivity index (χ2v) is 6.60. The van der Waals surface area contributed by atoms with E-state index in [-0.39, 0.29) is 11.6 Å². The molecule has 2 N–H and O–H groups in total. The molecule has 0 amide bonds. The van der Waals surface area contributed by atoms with Gasteiger partial charge in [-0.1, -0.05) is 6.42 Å². The zero-order chi connectivity index (χ0) is 14.0.